The van der Waals surface area contributed by atoms with Gasteiger partial charge in [0.15, 0.2) is 17.4 Å². The fourth-order valence-corrected chi connectivity index (χ4v) is 3.05. The Bertz CT molecular complexity index is 1160. The summed E-state index contributed by atoms with van der Waals surface area (Å²) >= 11 is 0. The molecular weight excluding hydrogens is 379 g/mol. The zero-order valence-corrected chi connectivity index (χ0v) is 15.8. The average Bonchev–Trinajstić information content (AvgIpc) is 3.04. The average molecular weight is 396 g/mol. The van der Waals surface area contributed by atoms with Gasteiger partial charge in [-0.05, 0) is 29.8 Å². The van der Waals surface area contributed by atoms with Crippen molar-refractivity contribution in [2.24, 2.45) is 7.05 Å². The Morgan fingerprint density at radius 2 is 2.00 bits per heavy atom. The van der Waals surface area contributed by atoms with Crippen LogP contribution >= 0.6 is 0 Å². The highest BCUT2D eigenvalue weighted by Crippen LogP contribution is 2.29. The zero-order chi connectivity index (χ0) is 20.5. The molecule has 148 valence electrons. The summed E-state index contributed by atoms with van der Waals surface area (Å²) in [4.78, 5) is 29.8. The molecule has 0 atom stereocenters. The summed E-state index contributed by atoms with van der Waals surface area (Å²) in [5, 5.41) is 4.13. The van der Waals surface area contributed by atoms with E-state index in [1.54, 1.807) is 18.2 Å². The highest BCUT2D eigenvalue weighted by molar-refractivity contribution is 6.09. The van der Waals surface area contributed by atoms with Crippen molar-refractivity contribution in [2.75, 3.05) is 12.0 Å². The lowest BCUT2D eigenvalue weighted by atomic mass is 10.1. The van der Waals surface area contributed by atoms with Gasteiger partial charge >= 0.3 is 0 Å². The standard InChI is InChI=1S/C20H17FN4O4/c1-24-19(26)6-5-18(23-24)25-10-12-7-14(3-4-15(12)20(25)27)29-11-13-8-16(21)17(28-2)9-22-13/h3-9H,10-11H2,1-2H3. The van der Waals surface area contributed by atoms with E-state index < -0.39 is 5.82 Å². The Labute approximate surface area is 165 Å². The van der Waals surface area contributed by atoms with E-state index in [2.05, 4.69) is 10.1 Å². The molecule has 9 heteroatoms. The van der Waals surface area contributed by atoms with Crippen LogP contribution in [0.1, 0.15) is 21.6 Å². The SMILES string of the molecule is COc1cnc(COc2ccc3c(c2)CN(c2ccc(=O)n(C)n2)C3=O)cc1F. The first-order chi connectivity index (χ1) is 14.0. The molecule has 0 spiro atoms. The predicted octanol–water partition coefficient (Wildman–Crippen LogP) is 2.06. The van der Waals surface area contributed by atoms with Crippen molar-refractivity contribution >= 4 is 11.7 Å². The van der Waals surface area contributed by atoms with Crippen LogP contribution in [0.25, 0.3) is 0 Å². The molecule has 1 aliphatic rings. The van der Waals surface area contributed by atoms with Crippen molar-refractivity contribution in [2.45, 2.75) is 13.2 Å². The molecule has 0 saturated carbocycles. The molecule has 0 saturated heterocycles. The van der Waals surface area contributed by atoms with E-state index in [0.29, 0.717) is 29.4 Å². The van der Waals surface area contributed by atoms with E-state index in [1.807, 2.05) is 0 Å². The minimum atomic E-state index is -0.513. The fraction of sp³-hybridized carbons (Fsp3) is 0.200. The number of aryl methyl sites for hydroxylation is 1. The summed E-state index contributed by atoms with van der Waals surface area (Å²) < 4.78 is 25.5. The molecule has 0 unspecified atom stereocenters. The molecule has 0 aliphatic carbocycles. The van der Waals surface area contributed by atoms with Crippen molar-refractivity contribution in [3.8, 4) is 11.5 Å². The van der Waals surface area contributed by atoms with Crippen LogP contribution in [-0.4, -0.2) is 27.8 Å². The maximum atomic E-state index is 13.8. The number of carbonyl (C=O) groups excluding carboxylic acids is 1. The number of ether oxygens (including phenoxy) is 2. The number of hydrogen-bond acceptors (Lipinski definition) is 6. The van der Waals surface area contributed by atoms with Crippen molar-refractivity contribution in [1.29, 1.82) is 0 Å². The van der Waals surface area contributed by atoms with Gasteiger partial charge in [-0.1, -0.05) is 0 Å². The van der Waals surface area contributed by atoms with Crippen LogP contribution in [0.4, 0.5) is 10.2 Å². The number of pyridine rings is 1. The summed E-state index contributed by atoms with van der Waals surface area (Å²) in [7, 11) is 2.90. The van der Waals surface area contributed by atoms with Crippen molar-refractivity contribution in [3.63, 3.8) is 0 Å². The largest absolute Gasteiger partial charge is 0.492 e. The number of aromatic nitrogens is 3. The quantitative estimate of drug-likeness (QED) is 0.656. The maximum Gasteiger partial charge on any atom is 0.266 e. The Hall–Kier alpha value is -3.75. The van der Waals surface area contributed by atoms with Crippen LogP contribution in [0.2, 0.25) is 0 Å². The minimum absolute atomic E-state index is 0.0666. The Morgan fingerprint density at radius 3 is 2.72 bits per heavy atom. The lowest BCUT2D eigenvalue weighted by molar-refractivity contribution is 0.0995. The van der Waals surface area contributed by atoms with Crippen molar-refractivity contribution < 1.29 is 18.7 Å². The van der Waals surface area contributed by atoms with Crippen LogP contribution in [0.5, 0.6) is 11.5 Å². The summed E-state index contributed by atoms with van der Waals surface area (Å²) in [5.74, 6) is 0.285. The highest BCUT2D eigenvalue weighted by atomic mass is 19.1. The Kier molecular flexibility index (Phi) is 4.71. The fourth-order valence-electron chi connectivity index (χ4n) is 3.05. The molecule has 3 aromatic rings. The number of benzene rings is 1. The third-order valence-electron chi connectivity index (χ3n) is 4.59. The summed E-state index contributed by atoms with van der Waals surface area (Å²) in [6.07, 6.45) is 1.30. The number of anilines is 1. The van der Waals surface area contributed by atoms with E-state index in [4.69, 9.17) is 9.47 Å². The molecule has 0 bridgehead atoms. The minimum Gasteiger partial charge on any atom is -0.492 e. The molecule has 1 aliphatic heterocycles. The molecule has 29 heavy (non-hydrogen) atoms. The molecule has 4 rings (SSSR count). The number of carbonyl (C=O) groups is 1. The molecule has 1 aromatic carbocycles. The number of amides is 1. The van der Waals surface area contributed by atoms with Gasteiger partial charge < -0.3 is 9.47 Å². The van der Waals surface area contributed by atoms with Gasteiger partial charge in [0.25, 0.3) is 11.5 Å². The van der Waals surface area contributed by atoms with Gasteiger partial charge in [-0.3, -0.25) is 19.5 Å². The van der Waals surface area contributed by atoms with E-state index in [0.717, 1.165) is 5.56 Å². The van der Waals surface area contributed by atoms with Crippen LogP contribution in [-0.2, 0) is 20.2 Å². The highest BCUT2D eigenvalue weighted by Gasteiger charge is 2.30. The molecule has 2 aromatic heterocycles. The van der Waals surface area contributed by atoms with Crippen LogP contribution in [0, 0.1) is 5.82 Å². The van der Waals surface area contributed by atoms with Gasteiger partial charge in [-0.25, -0.2) is 9.07 Å². The molecule has 1 amide bonds. The second kappa shape index (κ2) is 7.34. The first-order valence-corrected chi connectivity index (χ1v) is 8.76. The van der Waals surface area contributed by atoms with E-state index in [9.17, 15) is 14.0 Å². The van der Waals surface area contributed by atoms with Gasteiger partial charge in [0.05, 0.1) is 25.5 Å². The first-order valence-electron chi connectivity index (χ1n) is 8.76. The van der Waals surface area contributed by atoms with Gasteiger partial charge in [-0.15, -0.1) is 0 Å². The summed E-state index contributed by atoms with van der Waals surface area (Å²) in [6, 6.07) is 9.25. The number of methoxy groups -OCH3 is 1. The van der Waals surface area contributed by atoms with E-state index in [-0.39, 0.29) is 23.8 Å². The zero-order valence-electron chi connectivity index (χ0n) is 15.8. The first kappa shape index (κ1) is 18.6. The predicted molar refractivity (Wildman–Crippen MR) is 102 cm³/mol. The number of halogens is 1. The summed E-state index contributed by atoms with van der Waals surface area (Å²) in [6.45, 7) is 0.381. The summed E-state index contributed by atoms with van der Waals surface area (Å²) in [5.41, 5.74) is 1.48. The molecule has 0 radical (unpaired) electrons. The Balaban J connectivity index is 1.50. The second-order valence-electron chi connectivity index (χ2n) is 6.46. The second-order valence-corrected chi connectivity index (χ2v) is 6.46. The lowest BCUT2D eigenvalue weighted by Crippen LogP contribution is -2.28. The van der Waals surface area contributed by atoms with Gasteiger partial charge in [0.2, 0.25) is 0 Å². The molecule has 8 nitrogen and oxygen atoms in total. The van der Waals surface area contributed by atoms with Crippen molar-refractivity contribution in [3.05, 3.63) is 75.6 Å². The van der Waals surface area contributed by atoms with Crippen LogP contribution < -0.4 is 19.9 Å². The number of fused-ring (bicyclic) bond motifs is 1. The number of rotatable bonds is 5. The lowest BCUT2D eigenvalue weighted by Gasteiger charge is -2.14. The van der Waals surface area contributed by atoms with Crippen molar-refractivity contribution in [1.82, 2.24) is 14.8 Å². The topological polar surface area (TPSA) is 86.6 Å². The third-order valence-corrected chi connectivity index (χ3v) is 4.59. The number of hydrogen-bond donors (Lipinski definition) is 0. The van der Waals surface area contributed by atoms with Gasteiger partial charge in [0.1, 0.15) is 12.4 Å². The number of nitrogens with zero attached hydrogens (tertiary/aromatic N) is 4. The molecule has 3 heterocycles. The van der Waals surface area contributed by atoms with E-state index >= 15 is 0 Å². The van der Waals surface area contributed by atoms with E-state index in [1.165, 1.54) is 48.1 Å². The molecular formula is C20H17FN4O4. The molecule has 0 fully saturated rings. The normalized spacial score (nSPS) is 12.8. The third kappa shape index (κ3) is 3.54. The maximum absolute atomic E-state index is 13.8. The smallest absolute Gasteiger partial charge is 0.266 e. The Morgan fingerprint density at radius 1 is 1.17 bits per heavy atom. The van der Waals surface area contributed by atoms with Crippen LogP contribution in [0.15, 0.2) is 47.4 Å². The van der Waals surface area contributed by atoms with Gasteiger partial charge in [-0.2, -0.15) is 5.10 Å². The van der Waals surface area contributed by atoms with Gasteiger partial charge in [0, 0.05) is 24.7 Å². The van der Waals surface area contributed by atoms with Crippen LogP contribution in [0.3, 0.4) is 0 Å². The molecule has 0 N–H and O–H groups in total. The monoisotopic (exact) mass is 396 g/mol.